The highest BCUT2D eigenvalue weighted by Gasteiger charge is 2.46. The summed E-state index contributed by atoms with van der Waals surface area (Å²) in [4.78, 5) is 45.2. The number of H-pyrrole nitrogens is 1. The van der Waals surface area contributed by atoms with Crippen molar-refractivity contribution in [1.29, 1.82) is 0 Å². The molecule has 0 bridgehead atoms. The smallest absolute Gasteiger partial charge is 0.354 e. The van der Waals surface area contributed by atoms with Crippen LogP contribution in [-0.4, -0.2) is 85.6 Å². The molecule has 1 aromatic heterocycles. The van der Waals surface area contributed by atoms with E-state index in [4.69, 9.17) is 14.2 Å². The molecule has 1 amide bonds. The molecule has 1 saturated heterocycles. The first-order valence-electron chi connectivity index (χ1n) is 12.1. The van der Waals surface area contributed by atoms with Crippen LogP contribution < -0.4 is 9.47 Å². The van der Waals surface area contributed by atoms with E-state index >= 15 is 0 Å². The maximum Gasteiger partial charge on any atom is 0.354 e. The first-order chi connectivity index (χ1) is 17.6. The van der Waals surface area contributed by atoms with Crippen molar-refractivity contribution in [2.24, 2.45) is 0 Å². The number of rotatable bonds is 10. The Morgan fingerprint density at radius 1 is 1.16 bits per heavy atom. The lowest BCUT2D eigenvalue weighted by atomic mass is 9.93. The number of benzene rings is 1. The number of hydrogen-bond acceptors (Lipinski definition) is 8. The maximum absolute atomic E-state index is 13.4. The molecule has 10 heteroatoms. The van der Waals surface area contributed by atoms with Gasteiger partial charge in [-0.2, -0.15) is 0 Å². The van der Waals surface area contributed by atoms with Crippen molar-refractivity contribution in [3.63, 3.8) is 0 Å². The summed E-state index contributed by atoms with van der Waals surface area (Å²) in [6.07, 6.45) is 0.624. The summed E-state index contributed by atoms with van der Waals surface area (Å²) in [6.45, 7) is 6.63. The second-order valence-corrected chi connectivity index (χ2v) is 9.11. The molecule has 0 aliphatic carbocycles. The summed E-state index contributed by atoms with van der Waals surface area (Å²) < 4.78 is 16.0. The number of nitrogens with zero attached hydrogens (tertiary/aromatic N) is 2. The van der Waals surface area contributed by atoms with Crippen LogP contribution in [0.4, 0.5) is 0 Å². The van der Waals surface area contributed by atoms with E-state index in [0.29, 0.717) is 54.4 Å². The van der Waals surface area contributed by atoms with E-state index in [1.165, 1.54) is 19.1 Å². The van der Waals surface area contributed by atoms with Crippen LogP contribution in [0.3, 0.4) is 0 Å². The number of aryl methyl sites for hydroxylation is 1. The van der Waals surface area contributed by atoms with Crippen LogP contribution in [0.5, 0.6) is 11.5 Å². The van der Waals surface area contributed by atoms with Gasteiger partial charge in [0.15, 0.2) is 11.5 Å². The lowest BCUT2D eigenvalue weighted by Gasteiger charge is -2.26. The Hall–Kier alpha value is -3.79. The highest BCUT2D eigenvalue weighted by atomic mass is 16.5. The second-order valence-electron chi connectivity index (χ2n) is 9.11. The number of aliphatic hydroxyl groups is 1. The van der Waals surface area contributed by atoms with Crippen LogP contribution in [0, 0.1) is 13.8 Å². The molecule has 0 spiro atoms. The largest absolute Gasteiger partial charge is 0.507 e. The normalized spacial score (nSPS) is 17.0. The number of hydrogen-bond donors (Lipinski definition) is 2. The number of ether oxygens (including phenoxy) is 3. The van der Waals surface area contributed by atoms with Crippen molar-refractivity contribution in [2.75, 3.05) is 48.0 Å². The predicted octanol–water partition coefficient (Wildman–Crippen LogP) is 3.20. The standard InChI is InChI=1S/C27H35N3O7/c1-8-37-18-11-10-17(14-19(18)35-6)23-21(25(32)26(33)30(23)13-9-12-29(4)5)24(31)20-15(2)22(27(34)36-7)28-16(20)3/h10-11,14,23,28,31H,8-9,12-13H2,1-7H3/b24-21+. The number of aromatic amines is 1. The molecule has 10 nitrogen and oxygen atoms in total. The Morgan fingerprint density at radius 3 is 2.46 bits per heavy atom. The maximum atomic E-state index is 13.4. The third-order valence-corrected chi connectivity index (χ3v) is 6.41. The summed E-state index contributed by atoms with van der Waals surface area (Å²) >= 11 is 0. The Balaban J connectivity index is 2.22. The molecule has 1 unspecified atom stereocenters. The Labute approximate surface area is 216 Å². The molecule has 2 aromatic rings. The van der Waals surface area contributed by atoms with Crippen LogP contribution in [0.15, 0.2) is 23.8 Å². The van der Waals surface area contributed by atoms with Crippen molar-refractivity contribution < 1.29 is 33.7 Å². The third-order valence-electron chi connectivity index (χ3n) is 6.41. The number of methoxy groups -OCH3 is 2. The van der Waals surface area contributed by atoms with E-state index in [1.807, 2.05) is 25.9 Å². The number of Topliss-reactive ketones (excluding diaryl/α,β-unsaturated/α-hetero) is 1. The van der Waals surface area contributed by atoms with Gasteiger partial charge in [0.2, 0.25) is 0 Å². The number of amides is 1. The Kier molecular flexibility index (Phi) is 8.65. The Bertz CT molecular complexity index is 1230. The number of nitrogens with one attached hydrogen (secondary N) is 1. The van der Waals surface area contributed by atoms with Crippen LogP contribution in [0.1, 0.15) is 52.3 Å². The number of carbonyl (C=O) groups excluding carboxylic acids is 3. The highest BCUT2D eigenvalue weighted by molar-refractivity contribution is 6.46. The molecular weight excluding hydrogens is 478 g/mol. The lowest BCUT2D eigenvalue weighted by Crippen LogP contribution is -2.32. The molecule has 1 fully saturated rings. The molecule has 2 heterocycles. The van der Waals surface area contributed by atoms with Gasteiger partial charge in [-0.15, -0.1) is 0 Å². The van der Waals surface area contributed by atoms with Gasteiger partial charge in [-0.25, -0.2) is 4.79 Å². The van der Waals surface area contributed by atoms with Gasteiger partial charge in [0, 0.05) is 17.8 Å². The monoisotopic (exact) mass is 513 g/mol. The predicted molar refractivity (Wildman–Crippen MR) is 138 cm³/mol. The van der Waals surface area contributed by atoms with Gasteiger partial charge in [0.05, 0.1) is 32.4 Å². The topological polar surface area (TPSA) is 121 Å². The van der Waals surface area contributed by atoms with Crippen molar-refractivity contribution in [1.82, 2.24) is 14.8 Å². The molecule has 1 atom stereocenters. The summed E-state index contributed by atoms with van der Waals surface area (Å²) in [6, 6.07) is 4.33. The van der Waals surface area contributed by atoms with E-state index in [2.05, 4.69) is 4.98 Å². The third kappa shape index (κ3) is 5.34. The van der Waals surface area contributed by atoms with Crippen LogP contribution in [0.2, 0.25) is 0 Å². The average Bonchev–Trinajstić information content (AvgIpc) is 3.30. The summed E-state index contributed by atoms with van der Waals surface area (Å²) in [7, 11) is 6.63. The summed E-state index contributed by atoms with van der Waals surface area (Å²) in [5.41, 5.74) is 1.88. The van der Waals surface area contributed by atoms with Crippen molar-refractivity contribution >= 4 is 23.4 Å². The van der Waals surface area contributed by atoms with Gasteiger partial charge in [-0.1, -0.05) is 6.07 Å². The molecule has 200 valence electrons. The van der Waals surface area contributed by atoms with Gasteiger partial charge in [-0.3, -0.25) is 9.59 Å². The quantitative estimate of drug-likeness (QED) is 0.215. The van der Waals surface area contributed by atoms with Gasteiger partial charge in [-0.05, 0) is 71.1 Å². The minimum Gasteiger partial charge on any atom is -0.507 e. The molecule has 1 aromatic carbocycles. The van der Waals surface area contributed by atoms with Gasteiger partial charge < -0.3 is 34.1 Å². The summed E-state index contributed by atoms with van der Waals surface area (Å²) in [5.74, 6) is -1.47. The average molecular weight is 514 g/mol. The van der Waals surface area contributed by atoms with Gasteiger partial charge in [0.1, 0.15) is 11.5 Å². The van der Waals surface area contributed by atoms with Crippen molar-refractivity contribution in [2.45, 2.75) is 33.2 Å². The number of esters is 1. The fraction of sp³-hybridized carbons (Fsp3) is 0.444. The highest BCUT2D eigenvalue weighted by Crippen LogP contribution is 2.43. The first-order valence-corrected chi connectivity index (χ1v) is 12.1. The first kappa shape index (κ1) is 27.8. The molecule has 0 saturated carbocycles. The van der Waals surface area contributed by atoms with E-state index in [0.717, 1.165) is 0 Å². The molecule has 37 heavy (non-hydrogen) atoms. The molecule has 0 radical (unpaired) electrons. The number of aliphatic hydroxyl groups excluding tert-OH is 1. The van der Waals surface area contributed by atoms with Gasteiger partial charge >= 0.3 is 5.97 Å². The molecule has 1 aliphatic rings. The number of carbonyl (C=O) groups is 3. The van der Waals surface area contributed by atoms with E-state index in [9.17, 15) is 19.5 Å². The lowest BCUT2D eigenvalue weighted by molar-refractivity contribution is -0.139. The summed E-state index contributed by atoms with van der Waals surface area (Å²) in [5, 5.41) is 11.5. The fourth-order valence-corrected chi connectivity index (χ4v) is 4.69. The zero-order valence-corrected chi connectivity index (χ0v) is 22.4. The van der Waals surface area contributed by atoms with Crippen molar-refractivity contribution in [3.05, 3.63) is 51.9 Å². The zero-order valence-electron chi connectivity index (χ0n) is 22.4. The molecule has 3 rings (SSSR count). The van der Waals surface area contributed by atoms with Crippen molar-refractivity contribution in [3.8, 4) is 11.5 Å². The number of ketones is 1. The second kappa shape index (κ2) is 11.5. The molecule has 1 aliphatic heterocycles. The minimum absolute atomic E-state index is 0.0531. The SMILES string of the molecule is CCOc1ccc(C2/C(=C(\O)c3c(C)[nH]c(C(=O)OC)c3C)C(=O)C(=O)N2CCCN(C)C)cc1OC. The molecule has 2 N–H and O–H groups in total. The minimum atomic E-state index is -0.859. The fourth-order valence-electron chi connectivity index (χ4n) is 4.69. The zero-order chi connectivity index (χ0) is 27.4. The molecular formula is C27H35N3O7. The van der Waals surface area contributed by atoms with E-state index in [-0.39, 0.29) is 22.6 Å². The van der Waals surface area contributed by atoms with Crippen LogP contribution in [0.25, 0.3) is 5.76 Å². The van der Waals surface area contributed by atoms with Gasteiger partial charge in [0.25, 0.3) is 11.7 Å². The Morgan fingerprint density at radius 2 is 1.86 bits per heavy atom. The van der Waals surface area contributed by atoms with E-state index in [1.54, 1.807) is 32.0 Å². The number of likely N-dealkylation sites (tertiary alicyclic amines) is 1. The van der Waals surface area contributed by atoms with Crippen LogP contribution >= 0.6 is 0 Å². The number of aromatic nitrogens is 1. The van der Waals surface area contributed by atoms with E-state index < -0.39 is 23.7 Å². The van der Waals surface area contributed by atoms with Crippen LogP contribution in [-0.2, 0) is 14.3 Å².